The summed E-state index contributed by atoms with van der Waals surface area (Å²) in [5.41, 5.74) is -1.21. The third-order valence-electron chi connectivity index (χ3n) is 2.92. The molecular weight excluding hydrogens is 281 g/mol. The van der Waals surface area contributed by atoms with Crippen molar-refractivity contribution in [2.24, 2.45) is 0 Å². The van der Waals surface area contributed by atoms with Crippen molar-refractivity contribution >= 4 is 23.2 Å². The van der Waals surface area contributed by atoms with E-state index in [1.165, 1.54) is 6.07 Å². The van der Waals surface area contributed by atoms with Gasteiger partial charge < -0.3 is 10.6 Å². The number of hydrogen-bond donors (Lipinski definition) is 2. The molecule has 7 heteroatoms. The van der Waals surface area contributed by atoms with Crippen LogP contribution in [0.1, 0.15) is 18.4 Å². The van der Waals surface area contributed by atoms with E-state index in [1.807, 2.05) is 0 Å². The van der Waals surface area contributed by atoms with Crippen molar-refractivity contribution < 1.29 is 18.0 Å². The highest BCUT2D eigenvalue weighted by molar-refractivity contribution is 6.30. The Balaban J connectivity index is 2.22. The molecule has 0 radical (unpaired) electrons. The smallest absolute Gasteiger partial charge is 0.324 e. The Morgan fingerprint density at radius 3 is 2.74 bits per heavy atom. The Labute approximate surface area is 113 Å². The monoisotopic (exact) mass is 292 g/mol. The van der Waals surface area contributed by atoms with Crippen LogP contribution in [0.15, 0.2) is 18.2 Å². The van der Waals surface area contributed by atoms with Crippen LogP contribution in [-0.4, -0.2) is 18.5 Å². The minimum absolute atomic E-state index is 0.0238. The number of benzene rings is 1. The van der Waals surface area contributed by atoms with Gasteiger partial charge in [-0.3, -0.25) is 4.79 Å². The molecule has 2 N–H and O–H groups in total. The van der Waals surface area contributed by atoms with Gasteiger partial charge >= 0.3 is 6.18 Å². The highest BCUT2D eigenvalue weighted by Crippen LogP contribution is 2.36. The van der Waals surface area contributed by atoms with Crippen molar-refractivity contribution in [1.82, 2.24) is 5.32 Å². The zero-order valence-corrected chi connectivity index (χ0v) is 10.6. The second-order valence-corrected chi connectivity index (χ2v) is 4.76. The molecule has 0 unspecified atom stereocenters. The molecule has 1 aliphatic rings. The average Bonchev–Trinajstić information content (AvgIpc) is 2.83. The zero-order chi connectivity index (χ0) is 14.0. The molecule has 1 fully saturated rings. The van der Waals surface area contributed by atoms with Crippen molar-refractivity contribution in [3.8, 4) is 0 Å². The van der Waals surface area contributed by atoms with Crippen molar-refractivity contribution in [3.05, 3.63) is 28.8 Å². The van der Waals surface area contributed by atoms with E-state index in [-0.39, 0.29) is 10.7 Å². The lowest BCUT2D eigenvalue weighted by atomic mass is 10.1. The number of hydrogen-bond acceptors (Lipinski definition) is 2. The highest BCUT2D eigenvalue weighted by Gasteiger charge is 2.35. The van der Waals surface area contributed by atoms with Gasteiger partial charge in [0.2, 0.25) is 5.91 Å². The fourth-order valence-electron chi connectivity index (χ4n) is 1.99. The number of alkyl halides is 3. The van der Waals surface area contributed by atoms with Crippen LogP contribution in [0.4, 0.5) is 18.9 Å². The zero-order valence-electron chi connectivity index (χ0n) is 9.85. The molecule has 0 aliphatic carbocycles. The third-order valence-corrected chi connectivity index (χ3v) is 3.16. The summed E-state index contributed by atoms with van der Waals surface area (Å²) in [6.45, 7) is 0.699. The number of carbonyl (C=O) groups is 1. The predicted molar refractivity (Wildman–Crippen MR) is 66.1 cm³/mol. The van der Waals surface area contributed by atoms with Crippen LogP contribution in [0.25, 0.3) is 0 Å². The van der Waals surface area contributed by atoms with Gasteiger partial charge in [0.1, 0.15) is 0 Å². The summed E-state index contributed by atoms with van der Waals surface area (Å²) in [5, 5.41) is 5.21. The number of rotatable bonds is 2. The Bertz CT molecular complexity index is 484. The molecule has 19 heavy (non-hydrogen) atoms. The van der Waals surface area contributed by atoms with Crippen LogP contribution in [0.2, 0.25) is 5.02 Å². The second-order valence-electron chi connectivity index (χ2n) is 4.33. The molecule has 0 bridgehead atoms. The SMILES string of the molecule is O=C(Nc1ccc(Cl)cc1C(F)(F)F)[C@@H]1CCCN1. The molecule has 1 atom stereocenters. The van der Waals surface area contributed by atoms with E-state index >= 15 is 0 Å². The van der Waals surface area contributed by atoms with Crippen molar-refractivity contribution in [3.63, 3.8) is 0 Å². The summed E-state index contributed by atoms with van der Waals surface area (Å²) in [7, 11) is 0. The molecule has 0 aromatic heterocycles. The van der Waals surface area contributed by atoms with Gasteiger partial charge in [-0.15, -0.1) is 0 Å². The van der Waals surface area contributed by atoms with Crippen molar-refractivity contribution in [2.45, 2.75) is 25.1 Å². The molecular formula is C12H12ClF3N2O. The van der Waals surface area contributed by atoms with Gasteiger partial charge in [0, 0.05) is 5.02 Å². The number of anilines is 1. The quantitative estimate of drug-likeness (QED) is 0.879. The first-order chi connectivity index (χ1) is 8.88. The van der Waals surface area contributed by atoms with E-state index in [0.29, 0.717) is 13.0 Å². The molecule has 1 amide bonds. The summed E-state index contributed by atoms with van der Waals surface area (Å²) < 4.78 is 38.5. The lowest BCUT2D eigenvalue weighted by molar-refractivity contribution is -0.137. The number of halogens is 4. The summed E-state index contributed by atoms with van der Waals surface area (Å²) in [5.74, 6) is -0.453. The molecule has 104 valence electrons. The standard InChI is InChI=1S/C12H12ClF3N2O/c13-7-3-4-9(8(6-7)12(14,15)16)18-11(19)10-2-1-5-17-10/h3-4,6,10,17H,1-2,5H2,(H,18,19)/t10-/m0/s1. The largest absolute Gasteiger partial charge is 0.418 e. The second kappa shape index (κ2) is 5.38. The first kappa shape index (κ1) is 14.1. The topological polar surface area (TPSA) is 41.1 Å². The predicted octanol–water partition coefficient (Wildman–Crippen LogP) is 3.05. The number of amides is 1. The minimum Gasteiger partial charge on any atom is -0.324 e. The van der Waals surface area contributed by atoms with Crippen molar-refractivity contribution in [1.29, 1.82) is 0 Å². The molecule has 2 rings (SSSR count). The van der Waals surface area contributed by atoms with Crippen LogP contribution in [0.3, 0.4) is 0 Å². The molecule has 0 spiro atoms. The number of nitrogens with one attached hydrogen (secondary N) is 2. The summed E-state index contributed by atoms with van der Waals surface area (Å²) in [6, 6.07) is 2.85. The van der Waals surface area contributed by atoms with Crippen LogP contribution < -0.4 is 10.6 Å². The Morgan fingerprint density at radius 1 is 1.42 bits per heavy atom. The third kappa shape index (κ3) is 3.39. The van der Waals surface area contributed by atoms with E-state index in [0.717, 1.165) is 18.6 Å². The molecule has 1 aliphatic heterocycles. The fraction of sp³-hybridized carbons (Fsp3) is 0.417. The fourth-order valence-corrected chi connectivity index (χ4v) is 2.16. The van der Waals surface area contributed by atoms with Gasteiger partial charge in [-0.2, -0.15) is 13.2 Å². The summed E-state index contributed by atoms with van der Waals surface area (Å²) in [4.78, 5) is 11.8. The Kier molecular flexibility index (Phi) is 4.01. The van der Waals surface area contributed by atoms with Crippen molar-refractivity contribution in [2.75, 3.05) is 11.9 Å². The normalized spacial score (nSPS) is 19.5. The van der Waals surface area contributed by atoms with Gasteiger partial charge in [0.05, 0.1) is 17.3 Å². The molecule has 1 aromatic rings. The van der Waals surface area contributed by atoms with E-state index in [2.05, 4.69) is 10.6 Å². The molecule has 1 saturated heterocycles. The van der Waals surface area contributed by atoms with E-state index in [1.54, 1.807) is 0 Å². The Hall–Kier alpha value is -1.27. The summed E-state index contributed by atoms with van der Waals surface area (Å²) in [6.07, 6.45) is -3.10. The maximum atomic E-state index is 12.8. The molecule has 3 nitrogen and oxygen atoms in total. The van der Waals surface area contributed by atoms with Gasteiger partial charge in [-0.05, 0) is 37.6 Å². The molecule has 1 heterocycles. The summed E-state index contributed by atoms with van der Waals surface area (Å²) >= 11 is 5.56. The number of carbonyl (C=O) groups excluding carboxylic acids is 1. The van der Waals surface area contributed by atoms with Gasteiger partial charge in [0.15, 0.2) is 0 Å². The van der Waals surface area contributed by atoms with Crippen LogP contribution in [-0.2, 0) is 11.0 Å². The van der Waals surface area contributed by atoms with Gasteiger partial charge in [0.25, 0.3) is 0 Å². The van der Waals surface area contributed by atoms with E-state index in [4.69, 9.17) is 11.6 Å². The van der Waals surface area contributed by atoms with Gasteiger partial charge in [-0.25, -0.2) is 0 Å². The van der Waals surface area contributed by atoms with Crippen LogP contribution in [0, 0.1) is 0 Å². The maximum absolute atomic E-state index is 12.8. The average molecular weight is 293 g/mol. The first-order valence-electron chi connectivity index (χ1n) is 5.79. The van der Waals surface area contributed by atoms with E-state index in [9.17, 15) is 18.0 Å². The highest BCUT2D eigenvalue weighted by atomic mass is 35.5. The molecule has 0 saturated carbocycles. The Morgan fingerprint density at radius 2 is 2.16 bits per heavy atom. The van der Waals surface area contributed by atoms with Crippen LogP contribution in [0.5, 0.6) is 0 Å². The minimum atomic E-state index is -4.56. The molecule has 1 aromatic carbocycles. The van der Waals surface area contributed by atoms with Crippen LogP contribution >= 0.6 is 11.6 Å². The lowest BCUT2D eigenvalue weighted by Crippen LogP contribution is -2.36. The lowest BCUT2D eigenvalue weighted by Gasteiger charge is -2.16. The first-order valence-corrected chi connectivity index (χ1v) is 6.17. The maximum Gasteiger partial charge on any atom is 0.418 e. The van der Waals surface area contributed by atoms with Gasteiger partial charge in [-0.1, -0.05) is 11.6 Å². The van der Waals surface area contributed by atoms with E-state index < -0.39 is 23.7 Å².